The third-order valence-electron chi connectivity index (χ3n) is 6.57. The summed E-state index contributed by atoms with van der Waals surface area (Å²) in [6.07, 6.45) is 6.37. The summed E-state index contributed by atoms with van der Waals surface area (Å²) in [6, 6.07) is 4.79. The van der Waals surface area contributed by atoms with Gasteiger partial charge in [-0.15, -0.1) is 0 Å². The number of nitrogens with zero attached hydrogens (tertiary/aromatic N) is 7. The number of anilines is 2. The molecule has 4 aromatic rings. The average molecular weight is 538 g/mol. The minimum Gasteiger partial charge on any atom is -0.423 e. The number of nitrogen functional groups attached to an aromatic ring is 1. The van der Waals surface area contributed by atoms with Crippen molar-refractivity contribution in [2.75, 3.05) is 44.3 Å². The van der Waals surface area contributed by atoms with Gasteiger partial charge in [-0.2, -0.15) is 10.1 Å². The summed E-state index contributed by atoms with van der Waals surface area (Å²) in [5, 5.41) is 8.07. The fourth-order valence-electron chi connectivity index (χ4n) is 4.44. The fourth-order valence-corrected chi connectivity index (χ4v) is 4.61. The van der Waals surface area contributed by atoms with E-state index in [4.69, 9.17) is 21.8 Å². The second-order valence-corrected chi connectivity index (χ2v) is 9.61. The number of hydrogen-bond acceptors (Lipinski definition) is 9. The second-order valence-electron chi connectivity index (χ2n) is 9.17. The second kappa shape index (κ2) is 10.8. The van der Waals surface area contributed by atoms with Crippen LogP contribution in [0, 0.1) is 0 Å². The molecule has 4 heterocycles. The van der Waals surface area contributed by atoms with Gasteiger partial charge in [0.2, 0.25) is 5.91 Å². The Balaban J connectivity index is 1.40. The first-order valence-electron chi connectivity index (χ1n) is 12.3. The summed E-state index contributed by atoms with van der Waals surface area (Å²) in [5.74, 6) is -0.499. The molecule has 0 aliphatic carbocycles. The normalized spacial score (nSPS) is 16.2. The average Bonchev–Trinajstić information content (AvgIpc) is 3.50. The predicted octanol–water partition coefficient (Wildman–Crippen LogP) is 3.13. The maximum absolute atomic E-state index is 13.3. The van der Waals surface area contributed by atoms with E-state index in [9.17, 15) is 9.59 Å². The molecule has 198 valence electrons. The molecule has 1 fully saturated rings. The molecule has 2 amide bonds. The summed E-state index contributed by atoms with van der Waals surface area (Å²) in [7, 11) is 2.00. The summed E-state index contributed by atoms with van der Waals surface area (Å²) >= 11 is 6.02. The Kier molecular flexibility index (Phi) is 7.25. The first-order valence-corrected chi connectivity index (χ1v) is 12.7. The Morgan fingerprint density at radius 3 is 3.00 bits per heavy atom. The van der Waals surface area contributed by atoms with Gasteiger partial charge in [-0.25, -0.2) is 14.6 Å². The van der Waals surface area contributed by atoms with Crippen molar-refractivity contribution in [1.82, 2.24) is 34.5 Å². The zero-order valence-corrected chi connectivity index (χ0v) is 21.9. The number of halogens is 1. The highest BCUT2D eigenvalue weighted by atomic mass is 35.5. The van der Waals surface area contributed by atoms with Crippen LogP contribution in [0.5, 0.6) is 0 Å². The van der Waals surface area contributed by atoms with Crippen LogP contribution in [-0.4, -0.2) is 79.6 Å². The molecule has 1 aromatic carbocycles. The van der Waals surface area contributed by atoms with Crippen molar-refractivity contribution in [2.24, 2.45) is 0 Å². The quantitative estimate of drug-likeness (QED) is 0.339. The summed E-state index contributed by atoms with van der Waals surface area (Å²) in [5.41, 5.74) is 7.61. The van der Waals surface area contributed by atoms with Gasteiger partial charge in [-0.3, -0.25) is 14.9 Å². The zero-order chi connectivity index (χ0) is 26.8. The van der Waals surface area contributed by atoms with Crippen molar-refractivity contribution in [2.45, 2.75) is 25.8 Å². The number of carbonyl (C=O) groups is 2. The molecule has 13 heteroatoms. The van der Waals surface area contributed by atoms with Crippen LogP contribution in [-0.2, 0) is 4.79 Å². The van der Waals surface area contributed by atoms with E-state index in [0.717, 1.165) is 19.4 Å². The van der Waals surface area contributed by atoms with Gasteiger partial charge in [-0.05, 0) is 44.6 Å². The van der Waals surface area contributed by atoms with Gasteiger partial charge in [0, 0.05) is 30.7 Å². The Morgan fingerprint density at radius 1 is 1.34 bits per heavy atom. The maximum Gasteiger partial charge on any atom is 0.302 e. The number of benzene rings is 1. The molecule has 12 nitrogen and oxygen atoms in total. The number of likely N-dealkylation sites (tertiary alicyclic amines) is 1. The molecule has 0 saturated carbocycles. The van der Waals surface area contributed by atoms with Gasteiger partial charge in [0.15, 0.2) is 16.9 Å². The number of nitrogens with two attached hydrogens (primary N) is 1. The van der Waals surface area contributed by atoms with Crippen molar-refractivity contribution in [3.63, 3.8) is 0 Å². The third-order valence-corrected chi connectivity index (χ3v) is 6.81. The van der Waals surface area contributed by atoms with Crippen LogP contribution in [0.2, 0.25) is 5.02 Å². The Bertz CT molecular complexity index is 1530. The van der Waals surface area contributed by atoms with Crippen LogP contribution in [0.4, 0.5) is 11.8 Å². The molecular formula is C25H28ClN9O3. The Hall–Kier alpha value is -4.03. The maximum atomic E-state index is 13.3. The first kappa shape index (κ1) is 25.6. The van der Waals surface area contributed by atoms with Crippen molar-refractivity contribution in [3.05, 3.63) is 47.4 Å². The highest BCUT2D eigenvalue weighted by Gasteiger charge is 2.30. The number of hydrogen-bond donors (Lipinski definition) is 2. The lowest BCUT2D eigenvalue weighted by molar-refractivity contribution is -0.127. The van der Waals surface area contributed by atoms with E-state index in [1.807, 2.05) is 13.1 Å². The van der Waals surface area contributed by atoms with Crippen LogP contribution in [0.3, 0.4) is 0 Å². The largest absolute Gasteiger partial charge is 0.423 e. The number of aromatic nitrogens is 5. The molecule has 1 aliphatic rings. The number of amides is 2. The number of fused-ring (bicyclic) bond motifs is 2. The molecule has 3 aromatic heterocycles. The minimum atomic E-state index is -0.570. The van der Waals surface area contributed by atoms with E-state index >= 15 is 0 Å². The van der Waals surface area contributed by atoms with Crippen molar-refractivity contribution < 1.29 is 14.0 Å². The molecule has 38 heavy (non-hydrogen) atoms. The molecule has 1 saturated heterocycles. The van der Waals surface area contributed by atoms with Crippen LogP contribution in [0.25, 0.3) is 22.1 Å². The van der Waals surface area contributed by atoms with Crippen LogP contribution in [0.1, 0.15) is 36.3 Å². The topological polar surface area (TPSA) is 148 Å². The van der Waals surface area contributed by atoms with E-state index in [1.165, 1.54) is 6.33 Å². The summed E-state index contributed by atoms with van der Waals surface area (Å²) < 4.78 is 7.29. The monoisotopic (exact) mass is 537 g/mol. The lowest BCUT2D eigenvalue weighted by Gasteiger charge is -2.32. The fraction of sp³-hybridized carbons (Fsp3) is 0.360. The van der Waals surface area contributed by atoms with E-state index in [-0.39, 0.29) is 29.5 Å². The molecule has 0 bridgehead atoms. The molecule has 1 aliphatic heterocycles. The lowest BCUT2D eigenvalue weighted by Crippen LogP contribution is -2.40. The molecular weight excluding hydrogens is 510 g/mol. The van der Waals surface area contributed by atoms with Crippen LogP contribution < -0.4 is 11.1 Å². The Labute approximate surface area is 223 Å². The standard InChI is InChI=1S/C25H28ClN9O3/c1-3-33(2)10-5-7-19(36)34-11-4-6-16(13-34)35-23-20(22(27)28-14-29-23)21(32-35)24(37)31-25-30-17-12-15(26)8-9-18(17)38-25/h5,7-9,12,14,16H,3-4,6,10-11,13H2,1-2H3,(H2,27,28,29)(H,30,31,37)/t16-/m1/s1. The zero-order valence-electron chi connectivity index (χ0n) is 21.1. The number of nitrogens with one attached hydrogen (secondary N) is 1. The lowest BCUT2D eigenvalue weighted by atomic mass is 10.1. The third kappa shape index (κ3) is 5.18. The van der Waals surface area contributed by atoms with Gasteiger partial charge in [-0.1, -0.05) is 24.6 Å². The molecule has 0 radical (unpaired) electrons. The van der Waals surface area contributed by atoms with Crippen molar-refractivity contribution in [1.29, 1.82) is 0 Å². The minimum absolute atomic E-state index is 0.000306. The number of piperidine rings is 1. The van der Waals surface area contributed by atoms with E-state index in [2.05, 4.69) is 37.2 Å². The van der Waals surface area contributed by atoms with E-state index < -0.39 is 5.91 Å². The Morgan fingerprint density at radius 2 is 2.18 bits per heavy atom. The summed E-state index contributed by atoms with van der Waals surface area (Å²) in [6.45, 7) is 4.74. The van der Waals surface area contributed by atoms with Crippen molar-refractivity contribution in [3.8, 4) is 0 Å². The highest BCUT2D eigenvalue weighted by Crippen LogP contribution is 2.29. The van der Waals surface area contributed by atoms with Crippen LogP contribution in [0.15, 0.2) is 41.1 Å². The molecule has 3 N–H and O–H groups in total. The summed E-state index contributed by atoms with van der Waals surface area (Å²) in [4.78, 5) is 42.7. The molecule has 0 unspecified atom stereocenters. The smallest absolute Gasteiger partial charge is 0.302 e. The van der Waals surface area contributed by atoms with Gasteiger partial charge < -0.3 is 20.0 Å². The predicted molar refractivity (Wildman–Crippen MR) is 144 cm³/mol. The van der Waals surface area contributed by atoms with E-state index in [0.29, 0.717) is 46.8 Å². The number of rotatable bonds is 7. The van der Waals surface area contributed by atoms with Crippen LogP contribution >= 0.6 is 11.6 Å². The molecule has 0 spiro atoms. The number of carbonyl (C=O) groups excluding carboxylic acids is 2. The molecule has 5 rings (SSSR count). The number of oxazole rings is 1. The van der Waals surface area contributed by atoms with Gasteiger partial charge in [0.1, 0.15) is 17.7 Å². The highest BCUT2D eigenvalue weighted by molar-refractivity contribution is 6.31. The van der Waals surface area contributed by atoms with Gasteiger partial charge in [0.05, 0.1) is 11.4 Å². The number of likely N-dealkylation sites (N-methyl/N-ethyl adjacent to an activating group) is 1. The molecule has 1 atom stereocenters. The van der Waals surface area contributed by atoms with E-state index in [1.54, 1.807) is 33.9 Å². The first-order chi connectivity index (χ1) is 18.3. The van der Waals surface area contributed by atoms with Gasteiger partial charge >= 0.3 is 6.01 Å². The van der Waals surface area contributed by atoms with Crippen molar-refractivity contribution >= 4 is 57.4 Å². The van der Waals surface area contributed by atoms with Gasteiger partial charge in [0.25, 0.3) is 5.91 Å². The SMILES string of the molecule is CCN(C)CC=CC(=O)N1CCC[C@@H](n2nc(C(=O)Nc3nc4cc(Cl)ccc4o3)c3c(N)ncnc32)C1.